The zero-order chi connectivity index (χ0) is 15.8. The van der Waals surface area contributed by atoms with Crippen LogP contribution in [0.25, 0.3) is 0 Å². The summed E-state index contributed by atoms with van der Waals surface area (Å²) in [5.41, 5.74) is 6.97. The molecule has 0 unspecified atom stereocenters. The highest BCUT2D eigenvalue weighted by Gasteiger charge is 2.00. The zero-order valence-electron chi connectivity index (χ0n) is 11.4. The summed E-state index contributed by atoms with van der Waals surface area (Å²) >= 11 is 6.70. The van der Waals surface area contributed by atoms with Crippen LogP contribution in [-0.2, 0) is 0 Å². The van der Waals surface area contributed by atoms with E-state index in [-0.39, 0.29) is 5.96 Å². The Bertz CT molecular complexity index is 624. The second-order valence-electron chi connectivity index (χ2n) is 4.14. The molecule has 7 heteroatoms. The van der Waals surface area contributed by atoms with Crippen molar-refractivity contribution in [3.05, 3.63) is 71.8 Å². The lowest BCUT2D eigenvalue weighted by Gasteiger charge is -2.04. The first-order valence-electron chi connectivity index (χ1n) is 6.34. The Morgan fingerprint density at radius 2 is 1.09 bits per heavy atom. The van der Waals surface area contributed by atoms with Crippen LogP contribution in [0.15, 0.2) is 70.9 Å². The van der Waals surface area contributed by atoms with E-state index in [2.05, 4.69) is 52.9 Å². The Labute approximate surface area is 145 Å². The SMILES string of the molecule is N=C(NN=C(Br)c1ccccc1)NN=C(Br)c1ccccc1. The zero-order valence-corrected chi connectivity index (χ0v) is 14.6. The van der Waals surface area contributed by atoms with Crippen molar-refractivity contribution in [2.45, 2.75) is 0 Å². The first-order valence-corrected chi connectivity index (χ1v) is 7.93. The molecule has 3 N–H and O–H groups in total. The summed E-state index contributed by atoms with van der Waals surface area (Å²) in [6.07, 6.45) is 0. The molecule has 2 rings (SSSR count). The molecule has 5 nitrogen and oxygen atoms in total. The Hall–Kier alpha value is -1.99. The molecular formula is C15H13Br2N5. The number of benzene rings is 2. The molecule has 0 bridgehead atoms. The maximum absolute atomic E-state index is 7.72. The normalized spacial score (nSPS) is 11.9. The van der Waals surface area contributed by atoms with Crippen molar-refractivity contribution in [2.75, 3.05) is 0 Å². The summed E-state index contributed by atoms with van der Waals surface area (Å²) in [7, 11) is 0. The van der Waals surface area contributed by atoms with Gasteiger partial charge in [0.15, 0.2) is 0 Å². The molecule has 0 spiro atoms. The molecule has 0 aliphatic carbocycles. The van der Waals surface area contributed by atoms with E-state index in [1.165, 1.54) is 0 Å². The van der Waals surface area contributed by atoms with Gasteiger partial charge in [0, 0.05) is 11.1 Å². The molecule has 0 aromatic heterocycles. The number of hydrogen-bond donors (Lipinski definition) is 3. The average molecular weight is 423 g/mol. The smallest absolute Gasteiger partial charge is 0.230 e. The van der Waals surface area contributed by atoms with Crippen molar-refractivity contribution in [1.29, 1.82) is 5.41 Å². The molecule has 0 saturated heterocycles. The third-order valence-corrected chi connectivity index (χ3v) is 3.83. The van der Waals surface area contributed by atoms with Gasteiger partial charge in [0.25, 0.3) is 0 Å². The van der Waals surface area contributed by atoms with Gasteiger partial charge in [-0.25, -0.2) is 10.9 Å². The highest BCUT2D eigenvalue weighted by molar-refractivity contribution is 9.18. The predicted molar refractivity (Wildman–Crippen MR) is 97.8 cm³/mol. The van der Waals surface area contributed by atoms with Crippen molar-refractivity contribution >= 4 is 47.1 Å². The minimum absolute atomic E-state index is 0.0410. The van der Waals surface area contributed by atoms with Gasteiger partial charge >= 0.3 is 0 Å². The maximum atomic E-state index is 7.72. The third-order valence-electron chi connectivity index (χ3n) is 2.56. The first kappa shape index (κ1) is 16.4. The summed E-state index contributed by atoms with van der Waals surface area (Å²) in [6.45, 7) is 0. The monoisotopic (exact) mass is 421 g/mol. The van der Waals surface area contributed by atoms with E-state index >= 15 is 0 Å². The number of hydrazone groups is 2. The lowest BCUT2D eigenvalue weighted by molar-refractivity contribution is 0.891. The standard InChI is InChI=1S/C15H13Br2N5/c16-13(11-7-3-1-4-8-11)19-21-15(18)22-20-14(17)12-9-5-2-6-10-12/h1-10H,(H3,18,21,22). The fraction of sp³-hybridized carbons (Fsp3) is 0. The highest BCUT2D eigenvalue weighted by Crippen LogP contribution is 2.06. The van der Waals surface area contributed by atoms with Crippen LogP contribution in [0.1, 0.15) is 11.1 Å². The summed E-state index contributed by atoms with van der Waals surface area (Å²) in [5, 5.41) is 15.8. The van der Waals surface area contributed by atoms with Gasteiger partial charge in [0.05, 0.1) is 0 Å². The summed E-state index contributed by atoms with van der Waals surface area (Å²) in [4.78, 5) is 0. The fourth-order valence-corrected chi connectivity index (χ4v) is 2.22. The van der Waals surface area contributed by atoms with Crippen LogP contribution in [0.5, 0.6) is 0 Å². The summed E-state index contributed by atoms with van der Waals surface area (Å²) in [5.74, 6) is -0.0410. The van der Waals surface area contributed by atoms with Crippen molar-refractivity contribution < 1.29 is 0 Å². The fourth-order valence-electron chi connectivity index (χ4n) is 1.52. The van der Waals surface area contributed by atoms with Crippen LogP contribution in [0.2, 0.25) is 0 Å². The molecule has 0 aliphatic rings. The predicted octanol–water partition coefficient (Wildman–Crippen LogP) is 3.61. The lowest BCUT2D eigenvalue weighted by Crippen LogP contribution is -2.30. The Kier molecular flexibility index (Phi) is 6.29. The Morgan fingerprint density at radius 1 is 0.727 bits per heavy atom. The van der Waals surface area contributed by atoms with Gasteiger partial charge < -0.3 is 0 Å². The minimum atomic E-state index is -0.0410. The van der Waals surface area contributed by atoms with E-state index in [0.717, 1.165) is 11.1 Å². The van der Waals surface area contributed by atoms with E-state index in [9.17, 15) is 0 Å². The van der Waals surface area contributed by atoms with Gasteiger partial charge in [0.2, 0.25) is 5.96 Å². The molecular weight excluding hydrogens is 410 g/mol. The van der Waals surface area contributed by atoms with Crippen molar-refractivity contribution in [2.24, 2.45) is 10.2 Å². The quantitative estimate of drug-likeness (QED) is 0.400. The summed E-state index contributed by atoms with van der Waals surface area (Å²) < 4.78 is 1.21. The molecule has 0 atom stereocenters. The Balaban J connectivity index is 1.91. The van der Waals surface area contributed by atoms with Gasteiger partial charge in [-0.1, -0.05) is 60.7 Å². The summed E-state index contributed by atoms with van der Waals surface area (Å²) in [6, 6.07) is 19.2. The van der Waals surface area contributed by atoms with Gasteiger partial charge in [-0.3, -0.25) is 5.41 Å². The second-order valence-corrected chi connectivity index (χ2v) is 5.64. The molecule has 22 heavy (non-hydrogen) atoms. The molecule has 0 radical (unpaired) electrons. The Morgan fingerprint density at radius 3 is 1.45 bits per heavy atom. The maximum Gasteiger partial charge on any atom is 0.230 e. The van der Waals surface area contributed by atoms with Gasteiger partial charge in [-0.05, 0) is 31.9 Å². The molecule has 112 valence electrons. The molecule has 0 aliphatic heterocycles. The number of halogens is 2. The van der Waals surface area contributed by atoms with E-state index in [4.69, 9.17) is 5.41 Å². The van der Waals surface area contributed by atoms with E-state index < -0.39 is 0 Å². The van der Waals surface area contributed by atoms with Gasteiger partial charge in [-0.15, -0.1) is 0 Å². The van der Waals surface area contributed by atoms with Crippen molar-refractivity contribution in [1.82, 2.24) is 10.9 Å². The van der Waals surface area contributed by atoms with E-state index in [1.54, 1.807) is 0 Å². The number of hydrogen-bond acceptors (Lipinski definition) is 3. The number of rotatable bonds is 4. The molecule has 2 aromatic carbocycles. The second kappa shape index (κ2) is 8.45. The first-order chi connectivity index (χ1) is 10.7. The van der Waals surface area contributed by atoms with Crippen LogP contribution >= 0.6 is 31.9 Å². The molecule has 2 aromatic rings. The van der Waals surface area contributed by atoms with E-state index in [1.807, 2.05) is 60.7 Å². The van der Waals surface area contributed by atoms with Crippen LogP contribution in [0.4, 0.5) is 0 Å². The molecule has 0 saturated carbocycles. The van der Waals surface area contributed by atoms with E-state index in [0.29, 0.717) is 9.24 Å². The van der Waals surface area contributed by atoms with Crippen LogP contribution in [0, 0.1) is 5.41 Å². The van der Waals surface area contributed by atoms with Gasteiger partial charge in [-0.2, -0.15) is 10.2 Å². The van der Waals surface area contributed by atoms with Crippen LogP contribution in [0.3, 0.4) is 0 Å². The number of guanidine groups is 1. The van der Waals surface area contributed by atoms with Crippen LogP contribution in [-0.4, -0.2) is 15.2 Å². The number of nitrogens with zero attached hydrogens (tertiary/aromatic N) is 2. The van der Waals surface area contributed by atoms with Crippen molar-refractivity contribution in [3.8, 4) is 0 Å². The average Bonchev–Trinajstić information content (AvgIpc) is 2.59. The third kappa shape index (κ3) is 5.09. The molecule has 0 heterocycles. The topological polar surface area (TPSA) is 72.6 Å². The molecule has 0 amide bonds. The van der Waals surface area contributed by atoms with Crippen molar-refractivity contribution in [3.63, 3.8) is 0 Å². The lowest BCUT2D eigenvalue weighted by atomic mass is 10.2. The highest BCUT2D eigenvalue weighted by atomic mass is 79.9. The largest absolute Gasteiger partial charge is 0.266 e. The van der Waals surface area contributed by atoms with Crippen LogP contribution < -0.4 is 10.9 Å². The number of nitrogens with one attached hydrogen (secondary N) is 3. The minimum Gasteiger partial charge on any atom is -0.266 e. The molecule has 0 fully saturated rings. The van der Waals surface area contributed by atoms with Gasteiger partial charge in [0.1, 0.15) is 9.24 Å².